The first-order chi connectivity index (χ1) is 12.3. The van der Waals surface area contributed by atoms with E-state index in [1.54, 1.807) is 24.3 Å². The van der Waals surface area contributed by atoms with Crippen molar-refractivity contribution in [2.75, 3.05) is 5.32 Å². The quantitative estimate of drug-likeness (QED) is 0.787. The molecule has 0 heterocycles. The van der Waals surface area contributed by atoms with Crippen LogP contribution in [0.2, 0.25) is 0 Å². The summed E-state index contributed by atoms with van der Waals surface area (Å²) in [5, 5.41) is 5.53. The van der Waals surface area contributed by atoms with Crippen molar-refractivity contribution < 1.29 is 23.1 Å². The maximum Gasteiger partial charge on any atom is 0.387 e. The lowest BCUT2D eigenvalue weighted by molar-refractivity contribution is -0.118. The van der Waals surface area contributed by atoms with Crippen LogP contribution in [0.15, 0.2) is 48.5 Å². The molecule has 0 unspecified atom stereocenters. The third-order valence-corrected chi connectivity index (χ3v) is 3.54. The van der Waals surface area contributed by atoms with Gasteiger partial charge in [0, 0.05) is 23.7 Å². The van der Waals surface area contributed by atoms with E-state index in [1.807, 2.05) is 13.8 Å². The highest BCUT2D eigenvalue weighted by Crippen LogP contribution is 2.15. The van der Waals surface area contributed by atoms with Gasteiger partial charge < -0.3 is 15.4 Å². The van der Waals surface area contributed by atoms with Gasteiger partial charge in [-0.2, -0.15) is 8.78 Å². The van der Waals surface area contributed by atoms with E-state index < -0.39 is 6.61 Å². The van der Waals surface area contributed by atoms with Crippen LogP contribution in [-0.2, 0) is 11.3 Å². The molecule has 0 aliphatic heterocycles. The molecular formula is C19H20F2N2O3. The van der Waals surface area contributed by atoms with E-state index in [4.69, 9.17) is 0 Å². The van der Waals surface area contributed by atoms with E-state index in [0.29, 0.717) is 17.8 Å². The van der Waals surface area contributed by atoms with Crippen LogP contribution in [-0.4, -0.2) is 18.4 Å². The Kier molecular flexibility index (Phi) is 6.66. The van der Waals surface area contributed by atoms with Crippen LogP contribution in [0.5, 0.6) is 5.75 Å². The minimum absolute atomic E-state index is 0.00409. The Hall–Kier alpha value is -2.96. The molecule has 7 heteroatoms. The zero-order valence-corrected chi connectivity index (χ0v) is 14.5. The number of ether oxygens (including phenoxy) is 1. The summed E-state index contributed by atoms with van der Waals surface area (Å²) in [4.78, 5) is 23.7. The van der Waals surface area contributed by atoms with Gasteiger partial charge in [0.1, 0.15) is 5.75 Å². The Morgan fingerprint density at radius 1 is 1.00 bits per heavy atom. The second kappa shape index (κ2) is 8.94. The van der Waals surface area contributed by atoms with Crippen LogP contribution in [0.1, 0.15) is 29.8 Å². The van der Waals surface area contributed by atoms with E-state index in [0.717, 1.165) is 5.56 Å². The van der Waals surface area contributed by atoms with E-state index in [9.17, 15) is 18.4 Å². The number of hydrogen-bond donors (Lipinski definition) is 2. The van der Waals surface area contributed by atoms with E-state index in [1.165, 1.54) is 24.3 Å². The van der Waals surface area contributed by atoms with Crippen molar-refractivity contribution in [2.24, 2.45) is 5.92 Å². The normalized spacial score (nSPS) is 10.7. The van der Waals surface area contributed by atoms with Crippen molar-refractivity contribution in [3.8, 4) is 5.75 Å². The minimum Gasteiger partial charge on any atom is -0.435 e. The monoisotopic (exact) mass is 362 g/mol. The molecule has 0 fully saturated rings. The van der Waals surface area contributed by atoms with Crippen molar-refractivity contribution in [1.29, 1.82) is 0 Å². The second-order valence-electron chi connectivity index (χ2n) is 5.93. The molecule has 2 N–H and O–H groups in total. The SMILES string of the molecule is CC(C)C(=O)Nc1ccc(CNC(=O)c2ccc(OC(F)F)cc2)cc1. The Bertz CT molecular complexity index is 744. The number of benzene rings is 2. The van der Waals surface area contributed by atoms with Gasteiger partial charge in [-0.15, -0.1) is 0 Å². The minimum atomic E-state index is -2.90. The molecule has 0 radical (unpaired) electrons. The molecule has 0 spiro atoms. The van der Waals surface area contributed by atoms with Crippen LogP contribution in [0.25, 0.3) is 0 Å². The van der Waals surface area contributed by atoms with Crippen molar-refractivity contribution >= 4 is 17.5 Å². The summed E-state index contributed by atoms with van der Waals surface area (Å²) in [6.07, 6.45) is 0. The second-order valence-corrected chi connectivity index (χ2v) is 5.93. The summed E-state index contributed by atoms with van der Waals surface area (Å²) in [6, 6.07) is 12.6. The van der Waals surface area contributed by atoms with Crippen LogP contribution < -0.4 is 15.4 Å². The molecule has 0 aliphatic carbocycles. The van der Waals surface area contributed by atoms with Gasteiger partial charge in [-0.25, -0.2) is 0 Å². The summed E-state index contributed by atoms with van der Waals surface area (Å²) in [6.45, 7) is 1.02. The van der Waals surface area contributed by atoms with Crippen molar-refractivity contribution in [3.63, 3.8) is 0 Å². The van der Waals surface area contributed by atoms with Gasteiger partial charge in [-0.3, -0.25) is 9.59 Å². The fourth-order valence-electron chi connectivity index (χ4n) is 2.06. The Balaban J connectivity index is 1.87. The summed E-state index contributed by atoms with van der Waals surface area (Å²) in [5.41, 5.74) is 1.89. The molecule has 26 heavy (non-hydrogen) atoms. The molecule has 2 amide bonds. The maximum atomic E-state index is 12.1. The molecule has 0 aromatic heterocycles. The lowest BCUT2D eigenvalue weighted by Gasteiger charge is -2.09. The lowest BCUT2D eigenvalue weighted by atomic mass is 10.1. The van der Waals surface area contributed by atoms with Crippen molar-refractivity contribution in [1.82, 2.24) is 5.32 Å². The van der Waals surface area contributed by atoms with Crippen molar-refractivity contribution in [3.05, 3.63) is 59.7 Å². The molecular weight excluding hydrogens is 342 g/mol. The average molecular weight is 362 g/mol. The zero-order chi connectivity index (χ0) is 19.1. The topological polar surface area (TPSA) is 67.4 Å². The molecule has 0 saturated heterocycles. The van der Waals surface area contributed by atoms with E-state index >= 15 is 0 Å². The first kappa shape index (κ1) is 19.4. The van der Waals surface area contributed by atoms with Crippen LogP contribution >= 0.6 is 0 Å². The standard InChI is InChI=1S/C19H20F2N2O3/c1-12(2)17(24)23-15-7-3-13(4-8-15)11-22-18(25)14-5-9-16(10-6-14)26-19(20)21/h3-10,12,19H,11H2,1-2H3,(H,22,25)(H,23,24). The van der Waals surface area contributed by atoms with Gasteiger partial charge in [0.25, 0.3) is 5.91 Å². The Morgan fingerprint density at radius 3 is 2.15 bits per heavy atom. The number of amides is 2. The summed E-state index contributed by atoms with van der Waals surface area (Å²) < 4.78 is 28.4. The highest BCUT2D eigenvalue weighted by Gasteiger charge is 2.09. The number of alkyl halides is 2. The number of anilines is 1. The lowest BCUT2D eigenvalue weighted by Crippen LogP contribution is -2.22. The third-order valence-electron chi connectivity index (χ3n) is 3.54. The third kappa shape index (κ3) is 5.84. The number of hydrogen-bond acceptors (Lipinski definition) is 3. The molecule has 2 aromatic rings. The number of halogens is 2. The Morgan fingerprint density at radius 2 is 1.62 bits per heavy atom. The predicted octanol–water partition coefficient (Wildman–Crippen LogP) is 3.81. The molecule has 5 nitrogen and oxygen atoms in total. The fraction of sp³-hybridized carbons (Fsp3) is 0.263. The summed E-state index contributed by atoms with van der Waals surface area (Å²) in [5.74, 6) is -0.502. The number of rotatable bonds is 7. The summed E-state index contributed by atoms with van der Waals surface area (Å²) in [7, 11) is 0. The predicted molar refractivity (Wildman–Crippen MR) is 94.2 cm³/mol. The molecule has 0 aliphatic rings. The average Bonchev–Trinajstić information content (AvgIpc) is 2.61. The molecule has 0 bridgehead atoms. The van der Waals surface area contributed by atoms with Crippen LogP contribution in [0.3, 0.4) is 0 Å². The van der Waals surface area contributed by atoms with Crippen LogP contribution in [0.4, 0.5) is 14.5 Å². The van der Waals surface area contributed by atoms with Crippen LogP contribution in [0, 0.1) is 5.92 Å². The zero-order valence-electron chi connectivity index (χ0n) is 14.5. The largest absolute Gasteiger partial charge is 0.435 e. The van der Waals surface area contributed by atoms with Gasteiger partial charge >= 0.3 is 6.61 Å². The number of nitrogens with one attached hydrogen (secondary N) is 2. The van der Waals surface area contributed by atoms with Crippen molar-refractivity contribution in [2.45, 2.75) is 27.0 Å². The van der Waals surface area contributed by atoms with Gasteiger partial charge in [-0.05, 0) is 42.0 Å². The van der Waals surface area contributed by atoms with Gasteiger partial charge in [0.2, 0.25) is 5.91 Å². The van der Waals surface area contributed by atoms with Gasteiger partial charge in [0.15, 0.2) is 0 Å². The first-order valence-corrected chi connectivity index (χ1v) is 8.08. The van der Waals surface area contributed by atoms with Gasteiger partial charge in [-0.1, -0.05) is 26.0 Å². The Labute approximate surface area is 150 Å². The van der Waals surface area contributed by atoms with E-state index in [2.05, 4.69) is 15.4 Å². The summed E-state index contributed by atoms with van der Waals surface area (Å²) >= 11 is 0. The maximum absolute atomic E-state index is 12.1. The van der Waals surface area contributed by atoms with Gasteiger partial charge in [0.05, 0.1) is 0 Å². The molecule has 138 valence electrons. The molecule has 2 rings (SSSR count). The highest BCUT2D eigenvalue weighted by atomic mass is 19.3. The smallest absolute Gasteiger partial charge is 0.387 e. The fourth-order valence-corrected chi connectivity index (χ4v) is 2.06. The molecule has 0 saturated carbocycles. The van der Waals surface area contributed by atoms with E-state index in [-0.39, 0.29) is 23.5 Å². The number of carbonyl (C=O) groups is 2. The molecule has 2 aromatic carbocycles. The molecule has 0 atom stereocenters. The number of carbonyl (C=O) groups excluding carboxylic acids is 2. The highest BCUT2D eigenvalue weighted by molar-refractivity contribution is 5.94. The first-order valence-electron chi connectivity index (χ1n) is 8.08.